The molecule has 0 atom stereocenters. The molecule has 1 fully saturated rings. The number of carbonyl (C=O) groups excluding carboxylic acids is 1. The molecule has 0 radical (unpaired) electrons. The highest BCUT2D eigenvalue weighted by Crippen LogP contribution is 2.25. The molecular formula is C18H22N4O2S. The Hall–Kier alpha value is -1.86. The fourth-order valence-corrected chi connectivity index (χ4v) is 4.05. The maximum absolute atomic E-state index is 12.1. The van der Waals surface area contributed by atoms with Gasteiger partial charge in [-0.2, -0.15) is 0 Å². The number of aromatic nitrogens is 2. The van der Waals surface area contributed by atoms with Crippen molar-refractivity contribution in [3.05, 3.63) is 35.2 Å². The van der Waals surface area contributed by atoms with Crippen LogP contribution in [-0.4, -0.2) is 39.8 Å². The van der Waals surface area contributed by atoms with Crippen LogP contribution in [0.25, 0.3) is 0 Å². The second kappa shape index (κ2) is 7.58. The van der Waals surface area contributed by atoms with Crippen LogP contribution in [0.15, 0.2) is 27.8 Å². The van der Waals surface area contributed by atoms with Crippen molar-refractivity contribution < 1.29 is 9.21 Å². The van der Waals surface area contributed by atoms with Crippen molar-refractivity contribution in [2.45, 2.75) is 43.9 Å². The zero-order chi connectivity index (χ0) is 17.1. The number of nitrogens with zero attached hydrogens (tertiary/aromatic N) is 3. The SMILES string of the molecule is O=C(CSc1nnc(CN2CCCC2)o1)Nc1ccc2c(c1)CCC2. The van der Waals surface area contributed by atoms with E-state index in [1.807, 2.05) is 6.07 Å². The van der Waals surface area contributed by atoms with Crippen LogP contribution < -0.4 is 5.32 Å². The van der Waals surface area contributed by atoms with Crippen molar-refractivity contribution in [3.8, 4) is 0 Å². The highest BCUT2D eigenvalue weighted by Gasteiger charge is 2.16. The van der Waals surface area contributed by atoms with Crippen LogP contribution in [0.2, 0.25) is 0 Å². The number of fused-ring (bicyclic) bond motifs is 1. The molecule has 132 valence electrons. The number of hydrogen-bond donors (Lipinski definition) is 1. The summed E-state index contributed by atoms with van der Waals surface area (Å²) >= 11 is 1.28. The van der Waals surface area contributed by atoms with Gasteiger partial charge in [-0.25, -0.2) is 0 Å². The Morgan fingerprint density at radius 2 is 2.00 bits per heavy atom. The molecule has 0 bridgehead atoms. The van der Waals surface area contributed by atoms with Gasteiger partial charge in [-0.15, -0.1) is 10.2 Å². The zero-order valence-corrected chi connectivity index (χ0v) is 15.0. The summed E-state index contributed by atoms with van der Waals surface area (Å²) in [5, 5.41) is 11.5. The van der Waals surface area contributed by atoms with Crippen molar-refractivity contribution in [1.82, 2.24) is 15.1 Å². The van der Waals surface area contributed by atoms with Crippen molar-refractivity contribution in [3.63, 3.8) is 0 Å². The number of amides is 1. The number of likely N-dealkylation sites (tertiary alicyclic amines) is 1. The van der Waals surface area contributed by atoms with E-state index in [4.69, 9.17) is 4.42 Å². The lowest BCUT2D eigenvalue weighted by Crippen LogP contribution is -2.18. The number of benzene rings is 1. The Labute approximate surface area is 151 Å². The molecule has 7 heteroatoms. The molecule has 1 aliphatic carbocycles. The topological polar surface area (TPSA) is 71.3 Å². The van der Waals surface area contributed by atoms with Gasteiger partial charge >= 0.3 is 0 Å². The van der Waals surface area contributed by atoms with Crippen LogP contribution >= 0.6 is 11.8 Å². The van der Waals surface area contributed by atoms with E-state index in [1.54, 1.807) is 0 Å². The monoisotopic (exact) mass is 358 g/mol. The van der Waals surface area contributed by atoms with Crippen LogP contribution in [-0.2, 0) is 24.2 Å². The first-order valence-electron chi connectivity index (χ1n) is 8.85. The smallest absolute Gasteiger partial charge is 0.277 e. The second-order valence-electron chi connectivity index (χ2n) is 6.62. The summed E-state index contributed by atoms with van der Waals surface area (Å²) in [4.78, 5) is 14.4. The fourth-order valence-electron chi connectivity index (χ4n) is 3.47. The van der Waals surface area contributed by atoms with E-state index < -0.39 is 0 Å². The first-order chi connectivity index (χ1) is 12.3. The Bertz CT molecular complexity index is 755. The molecule has 0 spiro atoms. The fraction of sp³-hybridized carbons (Fsp3) is 0.500. The van der Waals surface area contributed by atoms with Crippen molar-refractivity contribution in [1.29, 1.82) is 0 Å². The normalized spacial score (nSPS) is 17.0. The van der Waals surface area contributed by atoms with E-state index in [2.05, 4.69) is 32.5 Å². The van der Waals surface area contributed by atoms with Crippen molar-refractivity contribution in [2.24, 2.45) is 0 Å². The number of carbonyl (C=O) groups is 1. The molecule has 1 amide bonds. The first-order valence-corrected chi connectivity index (χ1v) is 9.84. The molecule has 4 rings (SSSR count). The zero-order valence-electron chi connectivity index (χ0n) is 14.2. The summed E-state index contributed by atoms with van der Waals surface area (Å²) in [6.07, 6.45) is 5.93. The third kappa shape index (κ3) is 4.22. The van der Waals surface area contributed by atoms with E-state index >= 15 is 0 Å². The maximum Gasteiger partial charge on any atom is 0.277 e. The summed E-state index contributed by atoms with van der Waals surface area (Å²) in [6.45, 7) is 2.89. The van der Waals surface area contributed by atoms with Crippen LogP contribution in [0.1, 0.15) is 36.3 Å². The third-order valence-electron chi connectivity index (χ3n) is 4.71. The molecule has 0 unspecified atom stereocenters. The van der Waals surface area contributed by atoms with Crippen molar-refractivity contribution in [2.75, 3.05) is 24.2 Å². The van der Waals surface area contributed by atoms with Gasteiger partial charge in [-0.1, -0.05) is 17.8 Å². The minimum Gasteiger partial charge on any atom is -0.415 e. The lowest BCUT2D eigenvalue weighted by Gasteiger charge is -2.10. The molecule has 1 aromatic heterocycles. The second-order valence-corrected chi connectivity index (χ2v) is 7.55. The molecule has 1 aromatic carbocycles. The predicted molar refractivity (Wildman–Crippen MR) is 96.6 cm³/mol. The Kier molecular flexibility index (Phi) is 5.03. The Balaban J connectivity index is 1.26. The molecule has 1 aliphatic heterocycles. The molecule has 6 nitrogen and oxygen atoms in total. The highest BCUT2D eigenvalue weighted by atomic mass is 32.2. The Morgan fingerprint density at radius 1 is 1.16 bits per heavy atom. The number of aryl methyl sites for hydroxylation is 2. The first kappa shape index (κ1) is 16.6. The summed E-state index contributed by atoms with van der Waals surface area (Å²) in [6, 6.07) is 6.19. The molecular weight excluding hydrogens is 336 g/mol. The average Bonchev–Trinajstić information content (AvgIpc) is 3.35. The summed E-state index contributed by atoms with van der Waals surface area (Å²) < 4.78 is 5.63. The molecule has 1 saturated heterocycles. The Morgan fingerprint density at radius 3 is 2.88 bits per heavy atom. The molecule has 1 N–H and O–H groups in total. The van der Waals surface area contributed by atoms with Gasteiger partial charge < -0.3 is 9.73 Å². The number of anilines is 1. The van der Waals surface area contributed by atoms with Crippen LogP contribution in [0.5, 0.6) is 0 Å². The number of thioether (sulfide) groups is 1. The molecule has 2 heterocycles. The lowest BCUT2D eigenvalue weighted by molar-refractivity contribution is -0.113. The van der Waals surface area contributed by atoms with E-state index in [9.17, 15) is 4.79 Å². The minimum atomic E-state index is -0.0535. The molecule has 25 heavy (non-hydrogen) atoms. The van der Waals surface area contributed by atoms with Crippen LogP contribution in [0.3, 0.4) is 0 Å². The van der Waals surface area contributed by atoms with Gasteiger partial charge in [0.2, 0.25) is 11.8 Å². The van der Waals surface area contributed by atoms with Crippen LogP contribution in [0, 0.1) is 0 Å². The van der Waals surface area contributed by atoms with Gasteiger partial charge in [0.1, 0.15) is 0 Å². The van der Waals surface area contributed by atoms with Crippen molar-refractivity contribution >= 4 is 23.4 Å². The van der Waals surface area contributed by atoms with Gasteiger partial charge in [0.15, 0.2) is 0 Å². The maximum atomic E-state index is 12.1. The van der Waals surface area contributed by atoms with Crippen LogP contribution in [0.4, 0.5) is 5.69 Å². The van der Waals surface area contributed by atoms with E-state index in [0.717, 1.165) is 31.6 Å². The number of rotatable bonds is 6. The van der Waals surface area contributed by atoms with Gasteiger partial charge in [0.05, 0.1) is 12.3 Å². The third-order valence-corrected chi connectivity index (χ3v) is 5.53. The minimum absolute atomic E-state index is 0.0535. The number of hydrogen-bond acceptors (Lipinski definition) is 6. The predicted octanol–water partition coefficient (Wildman–Crippen LogP) is 2.88. The summed E-state index contributed by atoms with van der Waals surface area (Å²) in [7, 11) is 0. The average molecular weight is 358 g/mol. The quantitative estimate of drug-likeness (QED) is 0.801. The van der Waals surface area contributed by atoms with E-state index in [-0.39, 0.29) is 11.7 Å². The van der Waals surface area contributed by atoms with Gasteiger partial charge in [-0.05, 0) is 68.5 Å². The largest absolute Gasteiger partial charge is 0.415 e. The lowest BCUT2D eigenvalue weighted by atomic mass is 10.1. The highest BCUT2D eigenvalue weighted by molar-refractivity contribution is 7.99. The standard InChI is InChI=1S/C18H22N4O2S/c23-16(19-15-7-6-13-4-3-5-14(13)10-15)12-25-18-21-20-17(24-18)11-22-8-1-2-9-22/h6-7,10H,1-5,8-9,11-12H2,(H,19,23). The molecule has 2 aromatic rings. The van der Waals surface area contributed by atoms with E-state index in [0.29, 0.717) is 17.7 Å². The summed E-state index contributed by atoms with van der Waals surface area (Å²) in [5.74, 6) is 0.841. The van der Waals surface area contributed by atoms with Gasteiger partial charge in [-0.3, -0.25) is 9.69 Å². The molecule has 2 aliphatic rings. The van der Waals surface area contributed by atoms with E-state index in [1.165, 1.54) is 42.2 Å². The number of nitrogens with one attached hydrogen (secondary N) is 1. The van der Waals surface area contributed by atoms with Gasteiger partial charge in [0.25, 0.3) is 5.22 Å². The molecule has 0 saturated carbocycles. The summed E-state index contributed by atoms with van der Waals surface area (Å²) in [5.41, 5.74) is 3.63. The van der Waals surface area contributed by atoms with Gasteiger partial charge in [0, 0.05) is 5.69 Å².